The molecule has 0 radical (unpaired) electrons. The zero-order valence-electron chi connectivity index (χ0n) is 22.5. The number of carboxylic acid groups (broad SMARTS) is 1. The number of esters is 1. The number of halogens is 4. The summed E-state index contributed by atoms with van der Waals surface area (Å²) in [6.07, 6.45) is 5.39. The number of hydrogen-bond acceptors (Lipinski definition) is 8. The van der Waals surface area contributed by atoms with Gasteiger partial charge in [0.1, 0.15) is 15.5 Å². The molecule has 14 heteroatoms. The Morgan fingerprint density at radius 2 is 1.26 bits per heavy atom. The minimum absolute atomic E-state index is 0.0231. The fourth-order valence-electron chi connectivity index (χ4n) is 3.07. The van der Waals surface area contributed by atoms with Gasteiger partial charge >= 0.3 is 11.9 Å². The molecule has 0 atom stereocenters. The molecule has 0 saturated carbocycles. The molecule has 3 heterocycles. The number of ether oxygens (including phenoxy) is 1. The van der Waals surface area contributed by atoms with Gasteiger partial charge in [0.25, 0.3) is 11.1 Å². The lowest BCUT2D eigenvalue weighted by atomic mass is 10.1. The van der Waals surface area contributed by atoms with Gasteiger partial charge in [0.15, 0.2) is 0 Å². The highest BCUT2D eigenvalue weighted by Crippen LogP contribution is 2.16. The molecule has 4 rings (SSSR count). The first kappa shape index (κ1) is 35.1. The van der Waals surface area contributed by atoms with Crippen LogP contribution in [0.4, 0.5) is 5.69 Å². The Morgan fingerprint density at radius 3 is 1.65 bits per heavy atom. The third-order valence-electron chi connectivity index (χ3n) is 5.10. The van der Waals surface area contributed by atoms with Gasteiger partial charge in [-0.15, -0.1) is 0 Å². The summed E-state index contributed by atoms with van der Waals surface area (Å²) in [7, 11) is 0. The number of aromatic nitrogens is 3. The minimum Gasteiger partial charge on any atom is -0.478 e. The van der Waals surface area contributed by atoms with E-state index in [-0.39, 0.29) is 38.5 Å². The summed E-state index contributed by atoms with van der Waals surface area (Å²) in [4.78, 5) is 55.4. The van der Waals surface area contributed by atoms with Crippen molar-refractivity contribution in [2.24, 2.45) is 0 Å². The van der Waals surface area contributed by atoms with Gasteiger partial charge in [-0.3, -0.25) is 14.4 Å². The number of nitrogens with one attached hydrogen (secondary N) is 1. The number of hydrogen-bond donors (Lipinski definition) is 2. The maximum absolute atomic E-state index is 12.1. The van der Waals surface area contributed by atoms with Crippen molar-refractivity contribution in [3.8, 4) is 0 Å². The molecule has 0 spiro atoms. The van der Waals surface area contributed by atoms with Crippen molar-refractivity contribution in [1.82, 2.24) is 15.0 Å². The minimum atomic E-state index is -1.06. The Labute approximate surface area is 267 Å². The van der Waals surface area contributed by atoms with E-state index in [0.29, 0.717) is 30.7 Å². The molecule has 0 aliphatic carbocycles. The Kier molecular flexibility index (Phi) is 15.1. The van der Waals surface area contributed by atoms with E-state index >= 15 is 0 Å². The molecule has 0 unspecified atom stereocenters. The normalized spacial score (nSPS) is 9.79. The average Bonchev–Trinajstić information content (AvgIpc) is 2.98. The standard InChI is InChI=1S/C17H17ClN2O3.C6H3Cl2NO.C6H4ClNO2/c1-2-23-15(21)10-7-12-5-8-13(9-6-12)20-17(22)14-4-3-11-19-16(14)18;7-5-4(6(8)10)2-1-3-9-5;7-5-4(6(9)10)2-1-3-8-5/h3-6,8-9,11H,2,7,10H2,1H3,(H,20,22);1-3H;1-3H,(H,9,10). The highest BCUT2D eigenvalue weighted by molar-refractivity contribution is 6.68. The van der Waals surface area contributed by atoms with Crippen LogP contribution in [-0.2, 0) is 16.0 Å². The maximum Gasteiger partial charge on any atom is 0.338 e. The van der Waals surface area contributed by atoms with Gasteiger partial charge in [0.2, 0.25) is 0 Å². The molecule has 4 aromatic rings. The van der Waals surface area contributed by atoms with E-state index in [1.54, 1.807) is 37.3 Å². The number of nitrogens with zero attached hydrogens (tertiary/aromatic N) is 3. The quantitative estimate of drug-likeness (QED) is 0.115. The van der Waals surface area contributed by atoms with Gasteiger partial charge in [-0.25, -0.2) is 19.7 Å². The van der Waals surface area contributed by atoms with Crippen molar-refractivity contribution >= 4 is 75.2 Å². The topological polar surface area (TPSA) is 148 Å². The van der Waals surface area contributed by atoms with Crippen LogP contribution in [0.2, 0.25) is 15.5 Å². The molecule has 1 aromatic carbocycles. The summed E-state index contributed by atoms with van der Waals surface area (Å²) >= 11 is 22.0. The summed E-state index contributed by atoms with van der Waals surface area (Å²) in [5.41, 5.74) is 2.24. The molecule has 0 bridgehead atoms. The first-order chi connectivity index (χ1) is 20.5. The number of carbonyl (C=O) groups excluding carboxylic acids is 3. The molecule has 0 fully saturated rings. The summed E-state index contributed by atoms with van der Waals surface area (Å²) in [6.45, 7) is 2.17. The largest absolute Gasteiger partial charge is 0.478 e. The van der Waals surface area contributed by atoms with Crippen LogP contribution in [0.25, 0.3) is 0 Å². The highest BCUT2D eigenvalue weighted by atomic mass is 35.5. The van der Waals surface area contributed by atoms with Crippen LogP contribution in [0, 0.1) is 0 Å². The molecule has 0 aliphatic heterocycles. The fraction of sp³-hybridized carbons (Fsp3) is 0.138. The van der Waals surface area contributed by atoms with Crippen molar-refractivity contribution in [2.45, 2.75) is 19.8 Å². The van der Waals surface area contributed by atoms with Crippen LogP contribution >= 0.6 is 46.4 Å². The zero-order valence-corrected chi connectivity index (χ0v) is 25.5. The zero-order chi connectivity index (χ0) is 31.8. The molecule has 10 nitrogen and oxygen atoms in total. The molecule has 0 saturated heterocycles. The SMILES string of the molecule is CCOC(=O)CCc1ccc(NC(=O)c2cccnc2Cl)cc1.O=C(Cl)c1cccnc1Cl.O=C(O)c1cccnc1Cl. The molecule has 224 valence electrons. The first-order valence-electron chi connectivity index (χ1n) is 12.3. The van der Waals surface area contributed by atoms with Crippen LogP contribution in [0.3, 0.4) is 0 Å². The summed E-state index contributed by atoms with van der Waals surface area (Å²) in [6, 6.07) is 16.6. The molecular formula is C29H24Cl4N4O6. The number of aromatic carboxylic acids is 1. The van der Waals surface area contributed by atoms with Crippen molar-refractivity contribution < 1.29 is 29.0 Å². The van der Waals surface area contributed by atoms with Crippen LogP contribution in [0.15, 0.2) is 79.3 Å². The van der Waals surface area contributed by atoms with Crippen molar-refractivity contribution in [1.29, 1.82) is 0 Å². The van der Waals surface area contributed by atoms with Crippen LogP contribution in [0.5, 0.6) is 0 Å². The number of carbonyl (C=O) groups is 4. The van der Waals surface area contributed by atoms with E-state index in [1.807, 2.05) is 12.1 Å². The number of aryl methyl sites for hydroxylation is 1. The number of benzene rings is 1. The lowest BCUT2D eigenvalue weighted by Crippen LogP contribution is -2.12. The lowest BCUT2D eigenvalue weighted by Gasteiger charge is -2.07. The van der Waals surface area contributed by atoms with Gasteiger partial charge in [0.05, 0.1) is 23.3 Å². The second kappa shape index (κ2) is 18.4. The Bertz CT molecular complexity index is 1500. The van der Waals surface area contributed by atoms with E-state index in [2.05, 4.69) is 20.3 Å². The number of carboxylic acids is 1. The van der Waals surface area contributed by atoms with Gasteiger partial charge in [-0.1, -0.05) is 46.9 Å². The van der Waals surface area contributed by atoms with Crippen LogP contribution < -0.4 is 5.32 Å². The van der Waals surface area contributed by atoms with E-state index < -0.39 is 11.2 Å². The monoisotopic (exact) mass is 664 g/mol. The van der Waals surface area contributed by atoms with Crippen molar-refractivity contribution in [3.05, 3.63) is 117 Å². The van der Waals surface area contributed by atoms with Gasteiger partial charge in [-0.2, -0.15) is 0 Å². The highest BCUT2D eigenvalue weighted by Gasteiger charge is 2.11. The Hall–Kier alpha value is -4.09. The third kappa shape index (κ3) is 12.4. The Balaban J connectivity index is 0.000000265. The fourth-order valence-corrected chi connectivity index (χ4v) is 3.88. The lowest BCUT2D eigenvalue weighted by molar-refractivity contribution is -0.143. The molecule has 0 aliphatic rings. The average molecular weight is 666 g/mol. The van der Waals surface area contributed by atoms with E-state index in [0.717, 1.165) is 5.56 Å². The molecule has 43 heavy (non-hydrogen) atoms. The van der Waals surface area contributed by atoms with Gasteiger partial charge in [0, 0.05) is 30.7 Å². The smallest absolute Gasteiger partial charge is 0.338 e. The third-order valence-corrected chi connectivity index (χ3v) is 6.21. The maximum atomic E-state index is 12.1. The van der Waals surface area contributed by atoms with E-state index in [9.17, 15) is 19.2 Å². The van der Waals surface area contributed by atoms with Gasteiger partial charge in [-0.05, 0) is 79.0 Å². The Morgan fingerprint density at radius 1 is 0.767 bits per heavy atom. The molecule has 3 aromatic heterocycles. The second-order valence-electron chi connectivity index (χ2n) is 8.06. The van der Waals surface area contributed by atoms with Crippen LogP contribution in [0.1, 0.15) is 50.0 Å². The molecule has 1 amide bonds. The summed E-state index contributed by atoms with van der Waals surface area (Å²) in [5.74, 6) is -1.59. The van der Waals surface area contributed by atoms with Crippen molar-refractivity contribution in [2.75, 3.05) is 11.9 Å². The van der Waals surface area contributed by atoms with E-state index in [1.165, 1.54) is 36.8 Å². The molecular weight excluding hydrogens is 642 g/mol. The first-order valence-corrected chi connectivity index (χ1v) is 13.8. The predicted molar refractivity (Wildman–Crippen MR) is 164 cm³/mol. The number of rotatable bonds is 8. The molecule has 2 N–H and O–H groups in total. The predicted octanol–water partition coefficient (Wildman–Crippen LogP) is 7.03. The van der Waals surface area contributed by atoms with E-state index in [4.69, 9.17) is 56.2 Å². The van der Waals surface area contributed by atoms with Crippen molar-refractivity contribution in [3.63, 3.8) is 0 Å². The number of pyridine rings is 3. The van der Waals surface area contributed by atoms with Crippen LogP contribution in [-0.4, -0.2) is 49.8 Å². The second-order valence-corrected chi connectivity index (χ2v) is 9.48. The van der Waals surface area contributed by atoms with Gasteiger partial charge < -0.3 is 15.2 Å². The number of anilines is 1. The summed E-state index contributed by atoms with van der Waals surface area (Å²) in [5, 5.41) is 10.9. The summed E-state index contributed by atoms with van der Waals surface area (Å²) < 4.78 is 4.89. The number of amides is 1.